The summed E-state index contributed by atoms with van der Waals surface area (Å²) in [5.74, 6) is -0.125. The van der Waals surface area contributed by atoms with E-state index in [0.717, 1.165) is 0 Å². The second-order valence-corrected chi connectivity index (χ2v) is 5.26. The van der Waals surface area contributed by atoms with Crippen molar-refractivity contribution in [1.29, 1.82) is 0 Å². The van der Waals surface area contributed by atoms with E-state index in [1.165, 1.54) is 6.07 Å². The van der Waals surface area contributed by atoms with Crippen molar-refractivity contribution in [2.45, 2.75) is 25.7 Å². The van der Waals surface area contributed by atoms with Gasteiger partial charge >= 0.3 is 0 Å². The summed E-state index contributed by atoms with van der Waals surface area (Å²) in [5.41, 5.74) is -0.221. The van der Waals surface area contributed by atoms with Gasteiger partial charge < -0.3 is 4.55 Å². The summed E-state index contributed by atoms with van der Waals surface area (Å²) in [7, 11) is 0. The van der Waals surface area contributed by atoms with Crippen LogP contribution in [0.25, 0.3) is 0 Å². The Balaban J connectivity index is 3.26. The molecule has 0 amide bonds. The van der Waals surface area contributed by atoms with E-state index in [-0.39, 0.29) is 10.7 Å². The normalized spacial score (nSPS) is 13.6. The van der Waals surface area contributed by atoms with Crippen molar-refractivity contribution in [3.05, 3.63) is 29.8 Å². The first-order valence-electron chi connectivity index (χ1n) is 4.58. The lowest BCUT2D eigenvalue weighted by Gasteiger charge is -2.17. The average molecular weight is 226 g/mol. The number of carbonyl (C=O) groups is 1. The minimum absolute atomic E-state index is 0.125. The summed E-state index contributed by atoms with van der Waals surface area (Å²) in [6.07, 6.45) is 0. The average Bonchev–Trinajstić information content (AvgIpc) is 2.15. The van der Waals surface area contributed by atoms with E-state index in [1.54, 1.807) is 39.0 Å². The van der Waals surface area contributed by atoms with E-state index in [1.807, 2.05) is 0 Å². The number of carbonyl (C=O) groups excluding carboxylic acids is 1. The van der Waals surface area contributed by atoms with Crippen LogP contribution in [0.5, 0.6) is 0 Å². The van der Waals surface area contributed by atoms with Gasteiger partial charge in [-0.15, -0.1) is 0 Å². The first-order chi connectivity index (χ1) is 6.84. The van der Waals surface area contributed by atoms with E-state index in [0.29, 0.717) is 5.56 Å². The van der Waals surface area contributed by atoms with Gasteiger partial charge in [0.15, 0.2) is 16.9 Å². The molecule has 3 nitrogen and oxygen atoms in total. The van der Waals surface area contributed by atoms with Gasteiger partial charge in [0.1, 0.15) is 0 Å². The smallest absolute Gasteiger partial charge is 0.187 e. The molecule has 1 unspecified atom stereocenters. The molecule has 1 N–H and O–H groups in total. The van der Waals surface area contributed by atoms with Gasteiger partial charge in [0.05, 0.1) is 4.90 Å². The van der Waals surface area contributed by atoms with Crippen molar-refractivity contribution in [2.75, 3.05) is 0 Å². The Morgan fingerprint density at radius 3 is 2.27 bits per heavy atom. The molecule has 0 aromatic heterocycles. The van der Waals surface area contributed by atoms with E-state index in [9.17, 15) is 9.00 Å². The van der Waals surface area contributed by atoms with Crippen molar-refractivity contribution in [3.8, 4) is 0 Å². The molecule has 15 heavy (non-hydrogen) atoms. The first-order valence-corrected chi connectivity index (χ1v) is 5.69. The molecule has 0 aliphatic carbocycles. The van der Waals surface area contributed by atoms with Crippen molar-refractivity contribution >= 4 is 16.9 Å². The van der Waals surface area contributed by atoms with Gasteiger partial charge in [-0.05, 0) is 6.07 Å². The van der Waals surface area contributed by atoms with Crippen molar-refractivity contribution in [3.63, 3.8) is 0 Å². The second kappa shape index (κ2) is 4.24. The van der Waals surface area contributed by atoms with Crippen LogP contribution in [0.3, 0.4) is 0 Å². The molecule has 0 aliphatic rings. The maximum absolute atomic E-state index is 11.9. The molecule has 0 saturated heterocycles. The van der Waals surface area contributed by atoms with Gasteiger partial charge in [-0.2, -0.15) is 0 Å². The molecule has 1 aromatic carbocycles. The van der Waals surface area contributed by atoms with Crippen LogP contribution in [0.4, 0.5) is 0 Å². The van der Waals surface area contributed by atoms with E-state index < -0.39 is 16.5 Å². The van der Waals surface area contributed by atoms with Gasteiger partial charge in [0, 0.05) is 11.0 Å². The maximum Gasteiger partial charge on any atom is 0.187 e. The topological polar surface area (TPSA) is 54.4 Å². The van der Waals surface area contributed by atoms with Crippen LogP contribution in [-0.2, 0) is 11.1 Å². The summed E-state index contributed by atoms with van der Waals surface area (Å²) in [6.45, 7) is 5.35. The molecule has 1 aromatic rings. The summed E-state index contributed by atoms with van der Waals surface area (Å²) in [5, 5.41) is 0. The third-order valence-corrected chi connectivity index (χ3v) is 2.73. The molecule has 0 radical (unpaired) electrons. The van der Waals surface area contributed by atoms with Crippen LogP contribution in [-0.4, -0.2) is 14.5 Å². The summed E-state index contributed by atoms with van der Waals surface area (Å²) in [6, 6.07) is 6.41. The Morgan fingerprint density at radius 2 is 1.80 bits per heavy atom. The number of hydrogen-bond acceptors (Lipinski definition) is 2. The highest BCUT2D eigenvalue weighted by molar-refractivity contribution is 7.79. The van der Waals surface area contributed by atoms with Gasteiger partial charge in [0.2, 0.25) is 0 Å². The van der Waals surface area contributed by atoms with Crippen molar-refractivity contribution in [1.82, 2.24) is 0 Å². The highest BCUT2D eigenvalue weighted by Crippen LogP contribution is 2.24. The Bertz CT molecular complexity index is 405. The first kappa shape index (κ1) is 12.1. The molecule has 0 spiro atoms. The predicted molar refractivity (Wildman–Crippen MR) is 59.3 cm³/mol. The van der Waals surface area contributed by atoms with Gasteiger partial charge in [-0.1, -0.05) is 39.0 Å². The third-order valence-electron chi connectivity index (χ3n) is 2.00. The summed E-state index contributed by atoms with van der Waals surface area (Å²) >= 11 is -2.12. The van der Waals surface area contributed by atoms with Gasteiger partial charge in [0.25, 0.3) is 0 Å². The molecule has 0 saturated carbocycles. The number of hydrogen-bond donors (Lipinski definition) is 1. The van der Waals surface area contributed by atoms with E-state index in [2.05, 4.69) is 0 Å². The van der Waals surface area contributed by atoms with Crippen LogP contribution >= 0.6 is 0 Å². The van der Waals surface area contributed by atoms with Crippen LogP contribution in [0.2, 0.25) is 0 Å². The molecule has 1 rings (SSSR count). The lowest BCUT2D eigenvalue weighted by atomic mass is 9.86. The highest BCUT2D eigenvalue weighted by atomic mass is 32.2. The minimum atomic E-state index is -2.12. The lowest BCUT2D eigenvalue weighted by molar-refractivity contribution is 0.0854. The summed E-state index contributed by atoms with van der Waals surface area (Å²) in [4.78, 5) is 12.1. The fourth-order valence-electron chi connectivity index (χ4n) is 1.21. The molecule has 82 valence electrons. The molecule has 0 heterocycles. The zero-order valence-corrected chi connectivity index (χ0v) is 9.80. The molecule has 0 aliphatic heterocycles. The number of ketones is 1. The lowest BCUT2D eigenvalue weighted by Crippen LogP contribution is -2.21. The Labute approximate surface area is 91.8 Å². The van der Waals surface area contributed by atoms with E-state index in [4.69, 9.17) is 4.55 Å². The fraction of sp³-hybridized carbons (Fsp3) is 0.364. The van der Waals surface area contributed by atoms with Crippen molar-refractivity contribution in [2.24, 2.45) is 5.41 Å². The monoisotopic (exact) mass is 226 g/mol. The molecular formula is C11H14O3S. The summed E-state index contributed by atoms with van der Waals surface area (Å²) < 4.78 is 20.1. The standard InChI is InChI=1S/C11H14O3S/c1-11(2,3)10(12)8-6-4-5-7-9(8)15(13)14/h4-7H,1-3H3,(H,13,14). The van der Waals surface area contributed by atoms with Crippen LogP contribution in [0, 0.1) is 5.41 Å². The molecule has 1 atom stereocenters. The quantitative estimate of drug-likeness (QED) is 0.622. The SMILES string of the molecule is CC(C)(C)C(=O)c1ccccc1S(=O)O. The Kier molecular flexibility index (Phi) is 3.42. The second-order valence-electron chi connectivity index (χ2n) is 4.32. The molecule has 4 heteroatoms. The van der Waals surface area contributed by atoms with Gasteiger partial charge in [-0.25, -0.2) is 4.21 Å². The highest BCUT2D eigenvalue weighted by Gasteiger charge is 2.25. The minimum Gasteiger partial charge on any atom is -0.302 e. The fourth-order valence-corrected chi connectivity index (χ4v) is 1.75. The van der Waals surface area contributed by atoms with Crippen LogP contribution in [0.15, 0.2) is 29.2 Å². The number of rotatable bonds is 2. The zero-order chi connectivity index (χ0) is 11.6. The Morgan fingerprint density at radius 1 is 1.27 bits per heavy atom. The third kappa shape index (κ3) is 2.73. The molecule has 0 bridgehead atoms. The van der Waals surface area contributed by atoms with Crippen LogP contribution < -0.4 is 0 Å². The molecule has 0 fully saturated rings. The van der Waals surface area contributed by atoms with Crippen molar-refractivity contribution < 1.29 is 13.6 Å². The maximum atomic E-state index is 11.9. The zero-order valence-electron chi connectivity index (χ0n) is 8.98. The Hall–Kier alpha value is -1.00. The van der Waals surface area contributed by atoms with Crippen LogP contribution in [0.1, 0.15) is 31.1 Å². The largest absolute Gasteiger partial charge is 0.302 e. The number of benzene rings is 1. The molecular weight excluding hydrogens is 212 g/mol. The predicted octanol–water partition coefficient (Wildman–Crippen LogP) is 2.50. The van der Waals surface area contributed by atoms with Gasteiger partial charge in [-0.3, -0.25) is 4.79 Å². The number of Topliss-reactive ketones (excluding diaryl/α,β-unsaturated/α-hetero) is 1. The van der Waals surface area contributed by atoms with E-state index >= 15 is 0 Å².